The zero-order chi connectivity index (χ0) is 14.5. The van der Waals surface area contributed by atoms with Crippen LogP contribution in [-0.4, -0.2) is 19.1 Å². The number of carbonyl (C=O) groups excluding carboxylic acids is 1. The van der Waals surface area contributed by atoms with Crippen LogP contribution in [-0.2, 0) is 16.1 Å². The number of ether oxygens (including phenoxy) is 1. The first kappa shape index (κ1) is 13.9. The highest BCUT2D eigenvalue weighted by Crippen LogP contribution is 2.20. The van der Waals surface area contributed by atoms with E-state index in [1.807, 2.05) is 30.3 Å². The molecule has 0 spiro atoms. The van der Waals surface area contributed by atoms with Gasteiger partial charge in [-0.2, -0.15) is 0 Å². The molecule has 1 amide bonds. The summed E-state index contributed by atoms with van der Waals surface area (Å²) >= 11 is 0. The Morgan fingerprint density at radius 1 is 1.10 bits per heavy atom. The highest BCUT2D eigenvalue weighted by molar-refractivity contribution is 5.78. The predicted octanol–water partition coefficient (Wildman–Crippen LogP) is 2.99. The van der Waals surface area contributed by atoms with Crippen LogP contribution in [0, 0.1) is 5.92 Å². The van der Waals surface area contributed by atoms with Gasteiger partial charge in [-0.25, -0.2) is 0 Å². The van der Waals surface area contributed by atoms with Gasteiger partial charge in [-0.15, -0.1) is 0 Å². The molecule has 0 unspecified atom stereocenters. The van der Waals surface area contributed by atoms with Crippen molar-refractivity contribution < 1.29 is 13.9 Å². The highest BCUT2D eigenvalue weighted by atomic mass is 16.5. The van der Waals surface area contributed by atoms with Gasteiger partial charge in [0.05, 0.1) is 12.5 Å². The zero-order valence-corrected chi connectivity index (χ0v) is 11.9. The number of furan rings is 1. The molecular formula is C17H19NO3. The first-order valence-electron chi connectivity index (χ1n) is 7.30. The fourth-order valence-corrected chi connectivity index (χ4v) is 2.54. The Morgan fingerprint density at radius 3 is 2.52 bits per heavy atom. The minimum absolute atomic E-state index is 0.101. The molecular weight excluding hydrogens is 266 g/mol. The second-order valence-electron chi connectivity index (χ2n) is 5.31. The number of rotatable bonds is 4. The number of hydrogen-bond acceptors (Lipinski definition) is 3. The van der Waals surface area contributed by atoms with Gasteiger partial charge in [0, 0.05) is 31.2 Å². The molecule has 1 N–H and O–H groups in total. The molecule has 0 saturated carbocycles. The van der Waals surface area contributed by atoms with Gasteiger partial charge in [-0.3, -0.25) is 4.79 Å². The first-order valence-corrected chi connectivity index (χ1v) is 7.30. The molecule has 2 aromatic rings. The lowest BCUT2D eigenvalue weighted by Crippen LogP contribution is -2.33. The second kappa shape index (κ2) is 6.59. The lowest BCUT2D eigenvalue weighted by Gasteiger charge is -2.21. The molecule has 3 rings (SSSR count). The third kappa shape index (κ3) is 3.52. The summed E-state index contributed by atoms with van der Waals surface area (Å²) in [5.74, 6) is 0.237. The van der Waals surface area contributed by atoms with E-state index in [4.69, 9.17) is 9.15 Å². The molecule has 1 aliphatic heterocycles. The van der Waals surface area contributed by atoms with Crippen molar-refractivity contribution >= 4 is 5.91 Å². The van der Waals surface area contributed by atoms with Gasteiger partial charge in [0.2, 0.25) is 5.91 Å². The van der Waals surface area contributed by atoms with Crippen molar-refractivity contribution in [1.82, 2.24) is 5.32 Å². The van der Waals surface area contributed by atoms with Crippen LogP contribution >= 0.6 is 0 Å². The minimum atomic E-state index is 0.101. The molecule has 1 saturated heterocycles. The Bertz CT molecular complexity index is 569. The van der Waals surface area contributed by atoms with Gasteiger partial charge in [0.25, 0.3) is 0 Å². The smallest absolute Gasteiger partial charge is 0.223 e. The molecule has 1 aromatic carbocycles. The summed E-state index contributed by atoms with van der Waals surface area (Å²) in [7, 11) is 0. The van der Waals surface area contributed by atoms with E-state index in [0.717, 1.165) is 29.5 Å². The molecule has 0 bridgehead atoms. The first-order chi connectivity index (χ1) is 10.3. The van der Waals surface area contributed by atoms with Crippen LogP contribution in [0.2, 0.25) is 0 Å². The Morgan fingerprint density at radius 2 is 1.86 bits per heavy atom. The molecule has 2 heterocycles. The molecule has 110 valence electrons. The normalized spacial score (nSPS) is 15.8. The maximum absolute atomic E-state index is 12.0. The largest absolute Gasteiger partial charge is 0.472 e. The average Bonchev–Trinajstić information content (AvgIpc) is 3.08. The van der Waals surface area contributed by atoms with Crippen molar-refractivity contribution in [1.29, 1.82) is 0 Å². The predicted molar refractivity (Wildman–Crippen MR) is 79.5 cm³/mol. The van der Waals surface area contributed by atoms with Crippen molar-refractivity contribution in [3.8, 4) is 11.1 Å². The van der Waals surface area contributed by atoms with Crippen LogP contribution in [0.5, 0.6) is 0 Å². The van der Waals surface area contributed by atoms with Crippen molar-refractivity contribution in [2.75, 3.05) is 13.2 Å². The fraction of sp³-hybridized carbons (Fsp3) is 0.353. The molecule has 0 radical (unpaired) electrons. The van der Waals surface area contributed by atoms with Gasteiger partial charge in [-0.05, 0) is 30.0 Å². The molecule has 4 nitrogen and oxygen atoms in total. The summed E-state index contributed by atoms with van der Waals surface area (Å²) in [6, 6.07) is 10.1. The summed E-state index contributed by atoms with van der Waals surface area (Å²) in [6.07, 6.45) is 5.04. The minimum Gasteiger partial charge on any atom is -0.472 e. The van der Waals surface area contributed by atoms with Crippen LogP contribution < -0.4 is 5.32 Å². The Hall–Kier alpha value is -2.07. The van der Waals surface area contributed by atoms with E-state index >= 15 is 0 Å². The molecule has 1 aliphatic rings. The van der Waals surface area contributed by atoms with Gasteiger partial charge in [0.1, 0.15) is 0 Å². The topological polar surface area (TPSA) is 51.5 Å². The van der Waals surface area contributed by atoms with Crippen LogP contribution in [0.15, 0.2) is 47.3 Å². The summed E-state index contributed by atoms with van der Waals surface area (Å²) in [6.45, 7) is 1.96. The third-order valence-corrected chi connectivity index (χ3v) is 3.87. The van der Waals surface area contributed by atoms with E-state index in [1.54, 1.807) is 12.5 Å². The molecule has 0 aliphatic carbocycles. The van der Waals surface area contributed by atoms with Crippen LogP contribution in [0.4, 0.5) is 0 Å². The van der Waals surface area contributed by atoms with Crippen molar-refractivity contribution in [3.05, 3.63) is 48.4 Å². The molecule has 4 heteroatoms. The standard InChI is InChI=1S/C17H19NO3/c19-17(15-5-8-20-9-6-15)18-11-13-1-3-14(4-2-13)16-7-10-21-12-16/h1-4,7,10,12,15H,5-6,8-9,11H2,(H,18,19). The molecule has 1 aromatic heterocycles. The lowest BCUT2D eigenvalue weighted by atomic mass is 9.99. The fourth-order valence-electron chi connectivity index (χ4n) is 2.54. The number of nitrogens with one attached hydrogen (secondary N) is 1. The van der Waals surface area contributed by atoms with Gasteiger partial charge < -0.3 is 14.5 Å². The highest BCUT2D eigenvalue weighted by Gasteiger charge is 2.20. The van der Waals surface area contributed by atoms with Gasteiger partial charge in [0.15, 0.2) is 0 Å². The van der Waals surface area contributed by atoms with Crippen LogP contribution in [0.1, 0.15) is 18.4 Å². The Labute approximate surface area is 124 Å². The quantitative estimate of drug-likeness (QED) is 0.939. The number of benzene rings is 1. The van der Waals surface area contributed by atoms with Crippen LogP contribution in [0.25, 0.3) is 11.1 Å². The maximum atomic E-state index is 12.0. The Balaban J connectivity index is 1.54. The maximum Gasteiger partial charge on any atom is 0.223 e. The average molecular weight is 285 g/mol. The Kier molecular flexibility index (Phi) is 4.36. The lowest BCUT2D eigenvalue weighted by molar-refractivity contribution is -0.128. The van der Waals surface area contributed by atoms with E-state index in [9.17, 15) is 4.79 Å². The molecule has 1 fully saturated rings. The summed E-state index contributed by atoms with van der Waals surface area (Å²) in [4.78, 5) is 12.0. The summed E-state index contributed by atoms with van der Waals surface area (Å²) < 4.78 is 10.4. The third-order valence-electron chi connectivity index (χ3n) is 3.87. The summed E-state index contributed by atoms with van der Waals surface area (Å²) in [5.41, 5.74) is 3.28. The zero-order valence-electron chi connectivity index (χ0n) is 11.9. The van der Waals surface area contributed by atoms with E-state index in [1.165, 1.54) is 0 Å². The molecule has 0 atom stereocenters. The van der Waals surface area contributed by atoms with Gasteiger partial charge >= 0.3 is 0 Å². The van der Waals surface area contributed by atoms with E-state index in [0.29, 0.717) is 19.8 Å². The van der Waals surface area contributed by atoms with Crippen molar-refractivity contribution in [2.45, 2.75) is 19.4 Å². The van der Waals surface area contributed by atoms with Crippen molar-refractivity contribution in [3.63, 3.8) is 0 Å². The van der Waals surface area contributed by atoms with Gasteiger partial charge in [-0.1, -0.05) is 24.3 Å². The molecule has 21 heavy (non-hydrogen) atoms. The van der Waals surface area contributed by atoms with E-state index in [2.05, 4.69) is 5.32 Å². The van der Waals surface area contributed by atoms with Crippen LogP contribution in [0.3, 0.4) is 0 Å². The number of hydrogen-bond donors (Lipinski definition) is 1. The summed E-state index contributed by atoms with van der Waals surface area (Å²) in [5, 5.41) is 3.01. The van der Waals surface area contributed by atoms with Crippen molar-refractivity contribution in [2.24, 2.45) is 5.92 Å². The van der Waals surface area contributed by atoms with E-state index in [-0.39, 0.29) is 11.8 Å². The second-order valence-corrected chi connectivity index (χ2v) is 5.31. The number of carbonyl (C=O) groups is 1. The monoisotopic (exact) mass is 285 g/mol. The van der Waals surface area contributed by atoms with E-state index < -0.39 is 0 Å². The number of amides is 1. The SMILES string of the molecule is O=C(NCc1ccc(-c2ccoc2)cc1)C1CCOCC1.